The Morgan fingerprint density at radius 1 is 1.40 bits per heavy atom. The lowest BCUT2D eigenvalue weighted by Gasteiger charge is -1.90. The van der Waals surface area contributed by atoms with Crippen LogP contribution in [0.2, 0.25) is 0 Å². The Morgan fingerprint density at radius 3 is 2.30 bits per heavy atom. The second-order valence-electron chi connectivity index (χ2n) is 1.58. The van der Waals surface area contributed by atoms with E-state index in [0.29, 0.717) is 0 Å². The fourth-order valence-electron chi connectivity index (χ4n) is 0.432. The number of aromatic nitrogens is 2. The van der Waals surface area contributed by atoms with Crippen LogP contribution in [0.25, 0.3) is 0 Å². The maximum absolute atomic E-state index is 10.2. The van der Waals surface area contributed by atoms with Crippen molar-refractivity contribution in [2.24, 2.45) is 0 Å². The highest BCUT2D eigenvalue weighted by Gasteiger charge is 2.01. The third-order valence-corrected chi connectivity index (χ3v) is 0.885. The quantitative estimate of drug-likeness (QED) is 0.568. The third-order valence-electron chi connectivity index (χ3n) is 0.885. The Kier molecular flexibility index (Phi) is 1.49. The van der Waals surface area contributed by atoms with Gasteiger partial charge in [0, 0.05) is 12.4 Å². The molecule has 52 valence electrons. The fourth-order valence-corrected chi connectivity index (χ4v) is 0.432. The van der Waals surface area contributed by atoms with E-state index in [1.54, 1.807) is 0 Å². The van der Waals surface area contributed by atoms with Crippen molar-refractivity contribution in [3.05, 3.63) is 18.0 Å². The van der Waals surface area contributed by atoms with Gasteiger partial charge in [-0.3, -0.25) is 0 Å². The molecule has 0 bridgehead atoms. The Labute approximate surface area is 56.0 Å². The molecule has 0 saturated heterocycles. The number of nitrogens with zero attached hydrogens (tertiary/aromatic N) is 2. The lowest BCUT2D eigenvalue weighted by Crippen LogP contribution is -1.97. The van der Waals surface area contributed by atoms with Crippen molar-refractivity contribution >= 4 is 5.97 Å². The average Bonchev–Trinajstić information content (AvgIpc) is 1.88. The van der Waals surface area contributed by atoms with E-state index in [9.17, 15) is 4.79 Å². The predicted octanol–water partition coefficient (Wildman–Crippen LogP) is -0.120. The molecule has 0 aromatic carbocycles. The minimum atomic E-state index is -1.11. The minimum absolute atomic E-state index is 0.0437. The number of carbonyl (C=O) groups is 1. The van der Waals surface area contributed by atoms with E-state index in [2.05, 4.69) is 9.97 Å². The second kappa shape index (κ2) is 2.30. The van der Waals surface area contributed by atoms with Gasteiger partial charge in [-0.1, -0.05) is 0 Å². The summed E-state index contributed by atoms with van der Waals surface area (Å²) in [6, 6.07) is -0.426. The summed E-state index contributed by atoms with van der Waals surface area (Å²) in [4.78, 5) is 16.7. The number of hydrogen-bond acceptors (Lipinski definition) is 4. The molecule has 0 aliphatic rings. The number of rotatable bonds is 1. The van der Waals surface area contributed by atoms with Crippen molar-refractivity contribution in [2.45, 2.75) is 0 Å². The molecule has 1 aromatic rings. The van der Waals surface area contributed by atoms with Crippen molar-refractivity contribution in [3.8, 4) is 6.01 Å². The second-order valence-corrected chi connectivity index (χ2v) is 1.58. The summed E-state index contributed by atoms with van der Waals surface area (Å²) in [6.07, 6.45) is 2.06. The average molecular weight is 140 g/mol. The van der Waals surface area contributed by atoms with Crippen LogP contribution in [0, 0.1) is 0 Å². The predicted molar refractivity (Wildman–Crippen MR) is 30.7 cm³/mol. The fraction of sp³-hybridized carbons (Fsp3) is 0. The maximum atomic E-state index is 10.2. The highest BCUT2D eigenvalue weighted by atomic mass is 16.4. The van der Waals surface area contributed by atoms with Gasteiger partial charge in [0.05, 0.1) is 5.56 Å². The normalized spacial score (nSPS) is 9.20. The summed E-state index contributed by atoms with van der Waals surface area (Å²) in [7, 11) is 0. The summed E-state index contributed by atoms with van der Waals surface area (Å²) in [5, 5.41) is 16.8. The van der Waals surface area contributed by atoms with Gasteiger partial charge < -0.3 is 10.2 Å². The van der Waals surface area contributed by atoms with Crippen molar-refractivity contribution in [1.82, 2.24) is 9.97 Å². The summed E-state index contributed by atoms with van der Waals surface area (Å²) in [6.45, 7) is 0. The van der Waals surface area contributed by atoms with Gasteiger partial charge in [0.15, 0.2) is 0 Å². The van der Waals surface area contributed by atoms with Gasteiger partial charge >= 0.3 is 12.0 Å². The molecule has 1 aromatic heterocycles. The summed E-state index contributed by atoms with van der Waals surface area (Å²) < 4.78 is 0. The molecule has 0 radical (unpaired) electrons. The first kappa shape index (κ1) is 6.47. The molecule has 0 aliphatic carbocycles. The van der Waals surface area contributed by atoms with Crippen molar-refractivity contribution in [3.63, 3.8) is 0 Å². The zero-order chi connectivity index (χ0) is 7.56. The Balaban J connectivity index is 3.00. The number of hydrogen-bond donors (Lipinski definition) is 2. The maximum Gasteiger partial charge on any atom is 0.338 e. The molecular formula is C5H4N2O3. The minimum Gasteiger partial charge on any atom is -0.479 e. The molecule has 0 aliphatic heterocycles. The third kappa shape index (κ3) is 1.19. The molecule has 5 heteroatoms. The topological polar surface area (TPSA) is 83.3 Å². The monoisotopic (exact) mass is 140 g/mol. The van der Waals surface area contributed by atoms with Gasteiger partial charge in [0.25, 0.3) is 0 Å². The zero-order valence-electron chi connectivity index (χ0n) is 4.85. The van der Waals surface area contributed by atoms with Crippen LogP contribution in [-0.2, 0) is 0 Å². The van der Waals surface area contributed by atoms with Crippen molar-refractivity contribution < 1.29 is 15.0 Å². The Hall–Kier alpha value is -1.65. The molecule has 5 nitrogen and oxygen atoms in total. The van der Waals surface area contributed by atoms with E-state index in [4.69, 9.17) is 10.2 Å². The van der Waals surface area contributed by atoms with Gasteiger partial charge in [-0.15, -0.1) is 0 Å². The zero-order valence-corrected chi connectivity index (χ0v) is 4.85. The van der Waals surface area contributed by atoms with Crippen LogP contribution in [0.4, 0.5) is 0 Å². The van der Waals surface area contributed by atoms with Gasteiger partial charge in [0.2, 0.25) is 0 Å². The van der Waals surface area contributed by atoms with Crippen LogP contribution < -0.4 is 0 Å². The van der Waals surface area contributed by atoms with E-state index in [1.807, 2.05) is 0 Å². The summed E-state index contributed by atoms with van der Waals surface area (Å²) in [5.41, 5.74) is -0.0437. The van der Waals surface area contributed by atoms with Gasteiger partial charge in [-0.05, 0) is 0 Å². The van der Waals surface area contributed by atoms with E-state index >= 15 is 0 Å². The van der Waals surface area contributed by atoms with Crippen LogP contribution in [0.5, 0.6) is 6.01 Å². The number of carboxylic acids is 1. The molecule has 0 amide bonds. The summed E-state index contributed by atoms with van der Waals surface area (Å²) >= 11 is 0. The largest absolute Gasteiger partial charge is 0.479 e. The van der Waals surface area contributed by atoms with Gasteiger partial charge in [0.1, 0.15) is 0 Å². The molecular weight excluding hydrogens is 136 g/mol. The lowest BCUT2D eigenvalue weighted by atomic mass is 10.4. The lowest BCUT2D eigenvalue weighted by molar-refractivity contribution is 0.0696. The molecule has 0 saturated carbocycles. The Morgan fingerprint density at radius 2 is 1.90 bits per heavy atom. The van der Waals surface area contributed by atoms with Crippen molar-refractivity contribution in [1.29, 1.82) is 0 Å². The molecule has 2 N–H and O–H groups in total. The first-order valence-electron chi connectivity index (χ1n) is 2.44. The highest BCUT2D eigenvalue weighted by Crippen LogP contribution is 1.98. The van der Waals surface area contributed by atoms with E-state index in [0.717, 1.165) is 12.4 Å². The summed E-state index contributed by atoms with van der Waals surface area (Å²) in [5.74, 6) is -1.11. The van der Waals surface area contributed by atoms with Crippen LogP contribution in [0.15, 0.2) is 12.4 Å². The van der Waals surface area contributed by atoms with Crippen LogP contribution in [0.3, 0.4) is 0 Å². The molecule has 1 heterocycles. The van der Waals surface area contributed by atoms with Gasteiger partial charge in [-0.25, -0.2) is 14.8 Å². The van der Waals surface area contributed by atoms with E-state index in [-0.39, 0.29) is 5.56 Å². The van der Waals surface area contributed by atoms with Gasteiger partial charge in [-0.2, -0.15) is 0 Å². The number of carboxylic acid groups (broad SMARTS) is 1. The smallest absolute Gasteiger partial charge is 0.338 e. The molecule has 10 heavy (non-hydrogen) atoms. The molecule has 0 fully saturated rings. The standard InChI is InChI=1S/C5H4N2O3/c8-4(9)3-1-6-5(10)7-2-3/h1-2H,(H,8,9)(H,6,7,10). The first-order valence-corrected chi connectivity index (χ1v) is 2.44. The number of aromatic hydroxyl groups is 1. The van der Waals surface area contributed by atoms with Crippen LogP contribution >= 0.6 is 0 Å². The van der Waals surface area contributed by atoms with Crippen molar-refractivity contribution in [2.75, 3.05) is 0 Å². The molecule has 0 spiro atoms. The molecule has 1 rings (SSSR count). The van der Waals surface area contributed by atoms with E-state index < -0.39 is 12.0 Å². The number of aromatic carboxylic acids is 1. The van der Waals surface area contributed by atoms with Crippen LogP contribution in [0.1, 0.15) is 10.4 Å². The highest BCUT2D eigenvalue weighted by molar-refractivity contribution is 5.86. The molecule has 0 unspecified atom stereocenters. The Bertz CT molecular complexity index is 244. The first-order chi connectivity index (χ1) is 4.70. The van der Waals surface area contributed by atoms with Crippen LogP contribution in [-0.4, -0.2) is 26.2 Å². The molecule has 0 atom stereocenters. The SMILES string of the molecule is O=C(O)c1cnc(O)nc1. The van der Waals surface area contributed by atoms with E-state index in [1.165, 1.54) is 0 Å².